The highest BCUT2D eigenvalue weighted by Crippen LogP contribution is 2.29. The highest BCUT2D eigenvalue weighted by atomic mass is 35.5. The van der Waals surface area contributed by atoms with Crippen molar-refractivity contribution in [3.05, 3.63) is 28.0 Å². The number of aryl methyl sites for hydroxylation is 1. The number of aromatic nitrogens is 1. The minimum atomic E-state index is -2.59. The molecule has 0 unspecified atom stereocenters. The smallest absolute Gasteiger partial charge is 0.256 e. The summed E-state index contributed by atoms with van der Waals surface area (Å²) in [6.07, 6.45) is -2.59. The van der Waals surface area contributed by atoms with Gasteiger partial charge in [0.05, 0.1) is 22.2 Å². The van der Waals surface area contributed by atoms with Gasteiger partial charge in [-0.2, -0.15) is 0 Å². The van der Waals surface area contributed by atoms with Gasteiger partial charge in [0.15, 0.2) is 0 Å². The molecule has 1 nitrogen and oxygen atoms in total. The second-order valence-electron chi connectivity index (χ2n) is 2.53. The van der Waals surface area contributed by atoms with Crippen LogP contribution in [0.1, 0.15) is 23.4 Å². The lowest BCUT2D eigenvalue weighted by Gasteiger charge is -2.07. The molecule has 0 saturated carbocycles. The molecule has 0 N–H and O–H groups in total. The summed E-state index contributed by atoms with van der Waals surface area (Å²) in [6.45, 7) is 1.49. The number of alkyl halides is 3. The Hall–Kier alpha value is -0.410. The van der Waals surface area contributed by atoms with E-state index >= 15 is 0 Å². The summed E-state index contributed by atoms with van der Waals surface area (Å²) in [7, 11) is 0. The highest BCUT2D eigenvalue weighted by Gasteiger charge is 2.16. The summed E-state index contributed by atoms with van der Waals surface area (Å²) in [6, 6.07) is 1.36. The monoisotopic (exact) mass is 225 g/mol. The molecule has 5 heteroatoms. The first-order valence-electron chi connectivity index (χ1n) is 3.56. The van der Waals surface area contributed by atoms with E-state index in [0.717, 1.165) is 0 Å². The standard InChI is InChI=1S/C8H7Cl2F2N/c1-4-7(8(11)12)6(10)2-5(3-9)13-4/h2,8H,3H2,1H3. The molecule has 0 spiro atoms. The van der Waals surface area contributed by atoms with Crippen LogP contribution in [0.15, 0.2) is 6.07 Å². The number of halogens is 4. The highest BCUT2D eigenvalue weighted by molar-refractivity contribution is 6.31. The average Bonchev–Trinajstić information content (AvgIpc) is 2.02. The van der Waals surface area contributed by atoms with Gasteiger partial charge in [0, 0.05) is 5.69 Å². The number of rotatable bonds is 2. The molecule has 1 aromatic heterocycles. The van der Waals surface area contributed by atoms with E-state index in [2.05, 4.69) is 4.98 Å². The zero-order chi connectivity index (χ0) is 10.0. The Kier molecular flexibility index (Phi) is 3.45. The molecule has 0 aliphatic heterocycles. The Morgan fingerprint density at radius 3 is 2.54 bits per heavy atom. The molecular weight excluding hydrogens is 219 g/mol. The molecule has 0 saturated heterocycles. The average molecular weight is 226 g/mol. The number of nitrogens with zero attached hydrogens (tertiary/aromatic N) is 1. The minimum Gasteiger partial charge on any atom is -0.256 e. The second kappa shape index (κ2) is 4.20. The first-order valence-corrected chi connectivity index (χ1v) is 4.47. The molecule has 0 atom stereocenters. The summed E-state index contributed by atoms with van der Waals surface area (Å²) >= 11 is 11.1. The summed E-state index contributed by atoms with van der Waals surface area (Å²) in [5.41, 5.74) is 0.530. The Bertz CT molecular complexity index is 292. The Morgan fingerprint density at radius 1 is 1.54 bits per heavy atom. The maximum absolute atomic E-state index is 12.4. The maximum atomic E-state index is 12.4. The van der Waals surface area contributed by atoms with E-state index in [1.54, 1.807) is 0 Å². The molecule has 13 heavy (non-hydrogen) atoms. The lowest BCUT2D eigenvalue weighted by molar-refractivity contribution is 0.150. The van der Waals surface area contributed by atoms with Gasteiger partial charge < -0.3 is 0 Å². The van der Waals surface area contributed by atoms with Crippen molar-refractivity contribution in [1.82, 2.24) is 4.98 Å². The van der Waals surface area contributed by atoms with Crippen molar-refractivity contribution in [2.24, 2.45) is 0 Å². The first-order chi connectivity index (χ1) is 6.06. The molecule has 0 aliphatic carbocycles. The van der Waals surface area contributed by atoms with Crippen LogP contribution in [-0.4, -0.2) is 4.98 Å². The van der Waals surface area contributed by atoms with E-state index in [1.807, 2.05) is 0 Å². The largest absolute Gasteiger partial charge is 0.267 e. The third-order valence-corrected chi connectivity index (χ3v) is 2.19. The van der Waals surface area contributed by atoms with E-state index in [1.165, 1.54) is 13.0 Å². The molecule has 0 aliphatic rings. The molecule has 0 radical (unpaired) electrons. The van der Waals surface area contributed by atoms with Crippen LogP contribution >= 0.6 is 23.2 Å². The predicted molar refractivity (Wildman–Crippen MR) is 48.5 cm³/mol. The zero-order valence-electron chi connectivity index (χ0n) is 6.82. The van der Waals surface area contributed by atoms with Gasteiger partial charge in [0.25, 0.3) is 6.43 Å². The van der Waals surface area contributed by atoms with Crippen molar-refractivity contribution in [1.29, 1.82) is 0 Å². The van der Waals surface area contributed by atoms with Gasteiger partial charge in [-0.1, -0.05) is 11.6 Å². The molecule has 0 bridgehead atoms. The van der Waals surface area contributed by atoms with Crippen LogP contribution in [0.2, 0.25) is 5.02 Å². The minimum absolute atomic E-state index is 0.0261. The van der Waals surface area contributed by atoms with Crippen LogP contribution < -0.4 is 0 Å². The third-order valence-electron chi connectivity index (χ3n) is 1.61. The van der Waals surface area contributed by atoms with Crippen molar-refractivity contribution in [2.45, 2.75) is 19.2 Å². The number of hydrogen-bond donors (Lipinski definition) is 0. The molecule has 0 amide bonds. The predicted octanol–water partition coefficient (Wildman–Crippen LogP) is 3.72. The fourth-order valence-electron chi connectivity index (χ4n) is 1.04. The van der Waals surface area contributed by atoms with Crippen LogP contribution in [-0.2, 0) is 5.88 Å². The molecule has 1 heterocycles. The van der Waals surface area contributed by atoms with Crippen LogP contribution in [0, 0.1) is 6.92 Å². The van der Waals surface area contributed by atoms with Crippen LogP contribution in [0.5, 0.6) is 0 Å². The molecule has 1 aromatic rings. The van der Waals surface area contributed by atoms with Crippen molar-refractivity contribution in [2.75, 3.05) is 0 Å². The maximum Gasteiger partial charge on any atom is 0.267 e. The molecule has 0 fully saturated rings. The summed E-state index contributed by atoms with van der Waals surface area (Å²) < 4.78 is 24.7. The summed E-state index contributed by atoms with van der Waals surface area (Å²) in [5.74, 6) is 0.171. The van der Waals surface area contributed by atoms with E-state index in [4.69, 9.17) is 23.2 Å². The number of hydrogen-bond acceptors (Lipinski definition) is 1. The van der Waals surface area contributed by atoms with Gasteiger partial charge in [-0.15, -0.1) is 11.6 Å². The van der Waals surface area contributed by atoms with Gasteiger partial charge in [0.2, 0.25) is 0 Å². The van der Waals surface area contributed by atoms with Crippen LogP contribution in [0.3, 0.4) is 0 Å². The van der Waals surface area contributed by atoms with Gasteiger partial charge in [-0.3, -0.25) is 4.98 Å². The van der Waals surface area contributed by atoms with Gasteiger partial charge in [-0.05, 0) is 13.0 Å². The van der Waals surface area contributed by atoms with Gasteiger partial charge in [0.1, 0.15) is 0 Å². The van der Waals surface area contributed by atoms with E-state index < -0.39 is 6.43 Å². The Balaban J connectivity index is 3.23. The molecule has 0 aromatic carbocycles. The summed E-state index contributed by atoms with van der Waals surface area (Å²) in [4.78, 5) is 3.88. The Morgan fingerprint density at radius 2 is 2.15 bits per heavy atom. The molecule has 72 valence electrons. The SMILES string of the molecule is Cc1nc(CCl)cc(Cl)c1C(F)F. The van der Waals surface area contributed by atoms with E-state index in [-0.39, 0.29) is 22.2 Å². The van der Waals surface area contributed by atoms with Crippen molar-refractivity contribution in [3.63, 3.8) is 0 Å². The van der Waals surface area contributed by atoms with Crippen molar-refractivity contribution in [3.8, 4) is 0 Å². The zero-order valence-corrected chi connectivity index (χ0v) is 8.33. The topological polar surface area (TPSA) is 12.9 Å². The van der Waals surface area contributed by atoms with Crippen LogP contribution in [0.25, 0.3) is 0 Å². The normalized spacial score (nSPS) is 10.9. The van der Waals surface area contributed by atoms with Crippen LogP contribution in [0.4, 0.5) is 8.78 Å². The summed E-state index contributed by atoms with van der Waals surface area (Å²) in [5, 5.41) is 0.0261. The Labute approximate surface area is 84.7 Å². The number of pyridine rings is 1. The fourth-order valence-corrected chi connectivity index (χ4v) is 1.52. The fraction of sp³-hybridized carbons (Fsp3) is 0.375. The third kappa shape index (κ3) is 2.29. The first kappa shape index (κ1) is 10.7. The quantitative estimate of drug-likeness (QED) is 0.700. The lowest BCUT2D eigenvalue weighted by Crippen LogP contribution is -1.98. The van der Waals surface area contributed by atoms with Gasteiger partial charge in [-0.25, -0.2) is 8.78 Å². The molecule has 1 rings (SSSR count). The molecular formula is C8H7Cl2F2N. The van der Waals surface area contributed by atoms with Crippen molar-refractivity contribution >= 4 is 23.2 Å². The second-order valence-corrected chi connectivity index (χ2v) is 3.20. The van der Waals surface area contributed by atoms with E-state index in [9.17, 15) is 8.78 Å². The van der Waals surface area contributed by atoms with Gasteiger partial charge >= 0.3 is 0 Å². The lowest BCUT2D eigenvalue weighted by atomic mass is 10.2. The van der Waals surface area contributed by atoms with Crippen molar-refractivity contribution < 1.29 is 8.78 Å². The van der Waals surface area contributed by atoms with E-state index in [0.29, 0.717) is 5.69 Å².